The third kappa shape index (κ3) is 10.3. The first-order valence-corrected chi connectivity index (χ1v) is 14.5. The maximum Gasteiger partial charge on any atom is 0.220 e. The van der Waals surface area contributed by atoms with E-state index >= 15 is 0 Å². The topological polar surface area (TPSA) is 85.9 Å². The van der Waals surface area contributed by atoms with Crippen molar-refractivity contribution in [3.05, 3.63) is 87.9 Å². The summed E-state index contributed by atoms with van der Waals surface area (Å²) in [6.07, 6.45) is 5.02. The van der Waals surface area contributed by atoms with Gasteiger partial charge in [-0.05, 0) is 73.4 Å². The fraction of sp³-hybridized carbons (Fsp3) is 0.394. The Kier molecular flexibility index (Phi) is 13.3. The van der Waals surface area contributed by atoms with E-state index in [1.165, 1.54) is 5.56 Å². The molecule has 3 aromatic rings. The molecule has 0 aliphatic heterocycles. The molecule has 7 nitrogen and oxygen atoms in total. The monoisotopic (exact) mass is 580 g/mol. The molecule has 0 bridgehead atoms. The van der Waals surface area contributed by atoms with Crippen molar-refractivity contribution in [2.24, 2.45) is 0 Å². The van der Waals surface area contributed by atoms with E-state index in [4.69, 9.17) is 25.8 Å². The molecule has 0 aromatic heterocycles. The van der Waals surface area contributed by atoms with E-state index in [2.05, 4.69) is 16.7 Å². The molecule has 0 radical (unpaired) electrons. The number of carbonyl (C=O) groups is 2. The molecule has 0 aliphatic carbocycles. The van der Waals surface area contributed by atoms with Crippen LogP contribution in [0.25, 0.3) is 0 Å². The number of aryl methyl sites for hydroxylation is 1. The van der Waals surface area contributed by atoms with Crippen molar-refractivity contribution in [3.63, 3.8) is 0 Å². The van der Waals surface area contributed by atoms with Gasteiger partial charge in [-0.15, -0.1) is 0 Å². The van der Waals surface area contributed by atoms with Crippen molar-refractivity contribution in [3.8, 4) is 17.2 Å². The summed E-state index contributed by atoms with van der Waals surface area (Å²) in [7, 11) is 4.84. The van der Waals surface area contributed by atoms with E-state index in [1.54, 1.807) is 21.3 Å². The van der Waals surface area contributed by atoms with Crippen LogP contribution in [0.2, 0.25) is 5.02 Å². The number of rotatable bonds is 17. The molecule has 3 rings (SSSR count). The molecule has 2 N–H and O–H groups in total. The Morgan fingerprint density at radius 1 is 0.683 bits per heavy atom. The summed E-state index contributed by atoms with van der Waals surface area (Å²) in [6, 6.07) is 19.9. The van der Waals surface area contributed by atoms with E-state index < -0.39 is 0 Å². The van der Waals surface area contributed by atoms with Crippen LogP contribution in [0.1, 0.15) is 47.9 Å². The fourth-order valence-corrected chi connectivity index (χ4v) is 5.07. The Hall–Kier alpha value is -3.71. The quantitative estimate of drug-likeness (QED) is 0.199. The molecule has 0 heterocycles. The van der Waals surface area contributed by atoms with Crippen LogP contribution in [0.3, 0.4) is 0 Å². The number of halogens is 1. The van der Waals surface area contributed by atoms with Gasteiger partial charge in [0.25, 0.3) is 0 Å². The van der Waals surface area contributed by atoms with Crippen LogP contribution in [0.5, 0.6) is 17.2 Å². The second kappa shape index (κ2) is 17.2. The molecular formula is C33H41ClN2O5. The van der Waals surface area contributed by atoms with Gasteiger partial charge in [0.1, 0.15) is 5.75 Å². The smallest absolute Gasteiger partial charge is 0.220 e. The van der Waals surface area contributed by atoms with Gasteiger partial charge in [-0.2, -0.15) is 0 Å². The first kappa shape index (κ1) is 31.8. The molecule has 41 heavy (non-hydrogen) atoms. The van der Waals surface area contributed by atoms with Crippen LogP contribution < -0.4 is 24.8 Å². The SMILES string of the molecule is COc1cccc(CCc2c(CCNC(=O)CCCCC(=O)NCCc3ccccc3)cc(Cl)c(OC)c2OC)c1. The molecule has 2 amide bonds. The molecule has 0 saturated heterocycles. The van der Waals surface area contributed by atoms with E-state index in [9.17, 15) is 9.59 Å². The highest BCUT2D eigenvalue weighted by Gasteiger charge is 2.19. The van der Waals surface area contributed by atoms with E-state index in [-0.39, 0.29) is 11.8 Å². The lowest BCUT2D eigenvalue weighted by Gasteiger charge is -2.19. The normalized spacial score (nSPS) is 10.6. The van der Waals surface area contributed by atoms with Crippen molar-refractivity contribution < 1.29 is 23.8 Å². The predicted octanol–water partition coefficient (Wildman–Crippen LogP) is 5.73. The molecule has 0 atom stereocenters. The highest BCUT2D eigenvalue weighted by Crippen LogP contribution is 2.41. The first-order chi connectivity index (χ1) is 19.9. The summed E-state index contributed by atoms with van der Waals surface area (Å²) in [5.74, 6) is 1.93. The summed E-state index contributed by atoms with van der Waals surface area (Å²) >= 11 is 6.51. The maximum absolute atomic E-state index is 12.5. The number of ether oxygens (including phenoxy) is 3. The number of hydrogen-bond acceptors (Lipinski definition) is 5. The van der Waals surface area contributed by atoms with Crippen LogP contribution in [0, 0.1) is 0 Å². The number of unbranched alkanes of at least 4 members (excludes halogenated alkanes) is 1. The van der Waals surface area contributed by atoms with Gasteiger partial charge >= 0.3 is 0 Å². The van der Waals surface area contributed by atoms with Gasteiger partial charge in [0.05, 0.1) is 26.4 Å². The van der Waals surface area contributed by atoms with Gasteiger partial charge in [0.2, 0.25) is 11.8 Å². The summed E-state index contributed by atoms with van der Waals surface area (Å²) in [5, 5.41) is 6.42. The van der Waals surface area contributed by atoms with Gasteiger partial charge < -0.3 is 24.8 Å². The highest BCUT2D eigenvalue weighted by atomic mass is 35.5. The number of amides is 2. The summed E-state index contributed by atoms with van der Waals surface area (Å²) in [5.41, 5.74) is 4.35. The highest BCUT2D eigenvalue weighted by molar-refractivity contribution is 6.32. The lowest BCUT2D eigenvalue weighted by Crippen LogP contribution is -2.26. The van der Waals surface area contributed by atoms with Gasteiger partial charge in [-0.3, -0.25) is 9.59 Å². The zero-order valence-corrected chi connectivity index (χ0v) is 25.0. The van der Waals surface area contributed by atoms with Gasteiger partial charge in [-0.1, -0.05) is 54.1 Å². The van der Waals surface area contributed by atoms with Crippen LogP contribution in [-0.4, -0.2) is 46.2 Å². The van der Waals surface area contributed by atoms with Crippen LogP contribution in [0.4, 0.5) is 0 Å². The van der Waals surface area contributed by atoms with E-state index in [1.807, 2.05) is 54.6 Å². The molecule has 0 spiro atoms. The lowest BCUT2D eigenvalue weighted by atomic mass is 9.96. The minimum absolute atomic E-state index is 0.0214. The zero-order valence-electron chi connectivity index (χ0n) is 24.3. The van der Waals surface area contributed by atoms with E-state index in [0.717, 1.165) is 35.3 Å². The number of hydrogen-bond donors (Lipinski definition) is 2. The Morgan fingerprint density at radius 2 is 1.32 bits per heavy atom. The van der Waals surface area contributed by atoms with E-state index in [0.29, 0.717) is 68.1 Å². The standard InChI is InChI=1S/C33H41ClN2O5/c1-39-27-13-9-12-25(22-27)16-17-28-26(23-29(34)33(41-3)32(28)40-2)19-21-36-31(38)15-8-7-14-30(37)35-20-18-24-10-5-4-6-11-24/h4-6,9-13,22-23H,7-8,14-21H2,1-3H3,(H,35,37)(H,36,38). The van der Waals surface area contributed by atoms with Crippen molar-refractivity contribution in [1.82, 2.24) is 10.6 Å². The number of carbonyl (C=O) groups excluding carboxylic acids is 2. The molecule has 8 heteroatoms. The minimum atomic E-state index is -0.0287. The predicted molar refractivity (Wildman–Crippen MR) is 163 cm³/mol. The Morgan fingerprint density at radius 3 is 1.95 bits per heavy atom. The Bertz CT molecular complexity index is 1270. The van der Waals surface area contributed by atoms with Crippen molar-refractivity contribution >= 4 is 23.4 Å². The molecule has 0 unspecified atom stereocenters. The van der Waals surface area contributed by atoms with Crippen LogP contribution in [-0.2, 0) is 35.3 Å². The minimum Gasteiger partial charge on any atom is -0.497 e. The fourth-order valence-electron chi connectivity index (χ4n) is 4.77. The van der Waals surface area contributed by atoms with Gasteiger partial charge in [0, 0.05) is 31.5 Å². The average molecular weight is 581 g/mol. The number of benzene rings is 3. The molecule has 3 aromatic carbocycles. The zero-order chi connectivity index (χ0) is 29.5. The Balaban J connectivity index is 1.46. The average Bonchev–Trinajstić information content (AvgIpc) is 2.99. The molecule has 0 saturated carbocycles. The third-order valence-electron chi connectivity index (χ3n) is 6.94. The second-order valence-corrected chi connectivity index (χ2v) is 10.2. The molecule has 0 fully saturated rings. The number of methoxy groups -OCH3 is 3. The summed E-state index contributed by atoms with van der Waals surface area (Å²) in [4.78, 5) is 24.6. The number of nitrogens with one attached hydrogen (secondary N) is 2. The second-order valence-electron chi connectivity index (χ2n) is 9.81. The van der Waals surface area contributed by atoms with Crippen LogP contribution in [0.15, 0.2) is 60.7 Å². The third-order valence-corrected chi connectivity index (χ3v) is 7.23. The van der Waals surface area contributed by atoms with Crippen molar-refractivity contribution in [2.75, 3.05) is 34.4 Å². The molecule has 220 valence electrons. The van der Waals surface area contributed by atoms with Crippen LogP contribution >= 0.6 is 11.6 Å². The summed E-state index contributed by atoms with van der Waals surface area (Å²) < 4.78 is 16.6. The van der Waals surface area contributed by atoms with Gasteiger partial charge in [0.15, 0.2) is 11.5 Å². The Labute approximate surface area is 248 Å². The van der Waals surface area contributed by atoms with Gasteiger partial charge in [-0.25, -0.2) is 0 Å². The maximum atomic E-state index is 12.5. The molecule has 0 aliphatic rings. The lowest BCUT2D eigenvalue weighted by molar-refractivity contribution is -0.123. The summed E-state index contributed by atoms with van der Waals surface area (Å²) in [6.45, 7) is 1.09. The first-order valence-electron chi connectivity index (χ1n) is 14.1. The largest absolute Gasteiger partial charge is 0.497 e. The van der Waals surface area contributed by atoms with Crippen molar-refractivity contribution in [1.29, 1.82) is 0 Å². The molecular weight excluding hydrogens is 540 g/mol. The van der Waals surface area contributed by atoms with Crippen molar-refractivity contribution in [2.45, 2.75) is 51.4 Å².